The van der Waals surface area contributed by atoms with Gasteiger partial charge in [-0.15, -0.1) is 0 Å². The zero-order valence-electron chi connectivity index (χ0n) is 17.8. The Hall–Kier alpha value is -1.80. The number of hydrogen-bond acceptors (Lipinski definition) is 3. The molecular formula is C22H34F3N5. The van der Waals surface area contributed by atoms with E-state index in [1.807, 2.05) is 0 Å². The van der Waals surface area contributed by atoms with Crippen molar-refractivity contribution in [3.63, 3.8) is 0 Å². The van der Waals surface area contributed by atoms with Crippen molar-refractivity contribution >= 4 is 5.96 Å². The Labute approximate surface area is 177 Å². The Kier molecular flexibility index (Phi) is 8.39. The van der Waals surface area contributed by atoms with Gasteiger partial charge in [0.2, 0.25) is 0 Å². The van der Waals surface area contributed by atoms with Crippen LogP contribution in [-0.4, -0.2) is 68.1 Å². The predicted octanol–water partition coefficient (Wildman–Crippen LogP) is 3.32. The fraction of sp³-hybridized carbons (Fsp3) is 0.682. The molecule has 2 N–H and O–H groups in total. The molecule has 0 aromatic heterocycles. The van der Waals surface area contributed by atoms with Crippen LogP contribution in [0.3, 0.4) is 0 Å². The minimum atomic E-state index is -4.28. The Morgan fingerprint density at radius 2 is 1.80 bits per heavy atom. The van der Waals surface area contributed by atoms with E-state index in [0.29, 0.717) is 12.6 Å². The second-order valence-corrected chi connectivity index (χ2v) is 8.31. The molecule has 3 rings (SSSR count). The van der Waals surface area contributed by atoms with Gasteiger partial charge in [-0.25, -0.2) is 0 Å². The SMILES string of the molecule is CN=C(NCCCCN1CCCC1)NC1CCN(Cc2ccc(C(F)(F)F)cc2)C1. The van der Waals surface area contributed by atoms with Crippen molar-refractivity contribution in [3.8, 4) is 0 Å². The molecule has 2 heterocycles. The molecule has 0 amide bonds. The van der Waals surface area contributed by atoms with Crippen LogP contribution in [0.4, 0.5) is 13.2 Å². The highest BCUT2D eigenvalue weighted by Gasteiger charge is 2.30. The van der Waals surface area contributed by atoms with Gasteiger partial charge in [-0.2, -0.15) is 13.2 Å². The van der Waals surface area contributed by atoms with Gasteiger partial charge in [-0.05, 0) is 69.4 Å². The van der Waals surface area contributed by atoms with E-state index >= 15 is 0 Å². The smallest absolute Gasteiger partial charge is 0.356 e. The lowest BCUT2D eigenvalue weighted by Crippen LogP contribution is -2.44. The van der Waals surface area contributed by atoms with Gasteiger partial charge in [0.25, 0.3) is 0 Å². The summed E-state index contributed by atoms with van der Waals surface area (Å²) in [5, 5.41) is 6.88. The predicted molar refractivity (Wildman–Crippen MR) is 115 cm³/mol. The molecule has 0 bridgehead atoms. The molecular weight excluding hydrogens is 391 g/mol. The van der Waals surface area contributed by atoms with Crippen LogP contribution in [0, 0.1) is 0 Å². The van der Waals surface area contributed by atoms with Crippen LogP contribution in [0.25, 0.3) is 0 Å². The number of alkyl halides is 3. The first kappa shape index (κ1) is 22.9. The molecule has 168 valence electrons. The highest BCUT2D eigenvalue weighted by molar-refractivity contribution is 5.79. The molecule has 1 unspecified atom stereocenters. The van der Waals surface area contributed by atoms with E-state index in [-0.39, 0.29) is 0 Å². The average molecular weight is 426 g/mol. The summed E-state index contributed by atoms with van der Waals surface area (Å²) in [6.07, 6.45) is 1.73. The zero-order valence-corrected chi connectivity index (χ0v) is 17.8. The maximum Gasteiger partial charge on any atom is 0.416 e. The average Bonchev–Trinajstić information content (AvgIpc) is 3.38. The van der Waals surface area contributed by atoms with Crippen LogP contribution in [0.5, 0.6) is 0 Å². The van der Waals surface area contributed by atoms with Crippen molar-refractivity contribution < 1.29 is 13.2 Å². The molecule has 0 radical (unpaired) electrons. The lowest BCUT2D eigenvalue weighted by Gasteiger charge is -2.19. The summed E-state index contributed by atoms with van der Waals surface area (Å²) in [6, 6.07) is 5.78. The first-order chi connectivity index (χ1) is 14.4. The molecule has 1 aromatic rings. The number of nitrogens with one attached hydrogen (secondary N) is 2. The summed E-state index contributed by atoms with van der Waals surface area (Å²) >= 11 is 0. The van der Waals surface area contributed by atoms with E-state index in [2.05, 4.69) is 25.4 Å². The first-order valence-corrected chi connectivity index (χ1v) is 11.0. The van der Waals surface area contributed by atoms with Crippen molar-refractivity contribution in [2.24, 2.45) is 4.99 Å². The third kappa shape index (κ3) is 7.16. The summed E-state index contributed by atoms with van der Waals surface area (Å²) in [5.74, 6) is 0.831. The molecule has 0 aliphatic carbocycles. The molecule has 2 saturated heterocycles. The summed E-state index contributed by atoms with van der Waals surface area (Å²) in [5.41, 5.74) is 0.312. The molecule has 2 aliphatic heterocycles. The number of unbranched alkanes of at least 4 members (excludes halogenated alkanes) is 1. The van der Waals surface area contributed by atoms with Crippen LogP contribution < -0.4 is 10.6 Å². The van der Waals surface area contributed by atoms with Crippen molar-refractivity contribution in [2.45, 2.75) is 50.9 Å². The number of halogens is 3. The zero-order chi connectivity index (χ0) is 21.4. The highest BCUT2D eigenvalue weighted by atomic mass is 19.4. The van der Waals surface area contributed by atoms with Crippen LogP contribution in [0.1, 0.15) is 43.2 Å². The number of rotatable bonds is 8. The summed E-state index contributed by atoms with van der Waals surface area (Å²) < 4.78 is 38.1. The van der Waals surface area contributed by atoms with Gasteiger partial charge in [-0.1, -0.05) is 12.1 Å². The maximum absolute atomic E-state index is 12.7. The third-order valence-electron chi connectivity index (χ3n) is 5.92. The molecule has 2 fully saturated rings. The van der Waals surface area contributed by atoms with Crippen molar-refractivity contribution in [1.29, 1.82) is 0 Å². The molecule has 0 spiro atoms. The number of hydrogen-bond donors (Lipinski definition) is 2. The Morgan fingerprint density at radius 3 is 2.47 bits per heavy atom. The van der Waals surface area contributed by atoms with E-state index in [0.717, 1.165) is 56.1 Å². The second-order valence-electron chi connectivity index (χ2n) is 8.31. The fourth-order valence-corrected chi connectivity index (χ4v) is 4.21. The van der Waals surface area contributed by atoms with Gasteiger partial charge in [0, 0.05) is 39.3 Å². The number of guanidine groups is 1. The topological polar surface area (TPSA) is 42.9 Å². The quantitative estimate of drug-likeness (QED) is 0.381. The van der Waals surface area contributed by atoms with Crippen LogP contribution in [0.15, 0.2) is 29.3 Å². The maximum atomic E-state index is 12.7. The monoisotopic (exact) mass is 425 g/mol. The van der Waals surface area contributed by atoms with Gasteiger partial charge >= 0.3 is 6.18 Å². The minimum absolute atomic E-state index is 0.301. The second kappa shape index (κ2) is 11.0. The van der Waals surface area contributed by atoms with E-state index in [1.165, 1.54) is 38.9 Å². The van der Waals surface area contributed by atoms with Gasteiger partial charge < -0.3 is 15.5 Å². The molecule has 1 aromatic carbocycles. The van der Waals surface area contributed by atoms with E-state index in [9.17, 15) is 13.2 Å². The lowest BCUT2D eigenvalue weighted by atomic mass is 10.1. The Balaban J connectivity index is 1.33. The van der Waals surface area contributed by atoms with Crippen molar-refractivity contribution in [1.82, 2.24) is 20.4 Å². The number of nitrogens with zero attached hydrogens (tertiary/aromatic N) is 3. The normalized spacial score (nSPS) is 21.3. The fourth-order valence-electron chi connectivity index (χ4n) is 4.21. The molecule has 0 saturated carbocycles. The molecule has 8 heteroatoms. The molecule has 30 heavy (non-hydrogen) atoms. The molecule has 1 atom stereocenters. The third-order valence-corrected chi connectivity index (χ3v) is 5.92. The van der Waals surface area contributed by atoms with E-state index < -0.39 is 11.7 Å². The molecule has 5 nitrogen and oxygen atoms in total. The first-order valence-electron chi connectivity index (χ1n) is 11.0. The number of benzene rings is 1. The number of likely N-dealkylation sites (tertiary alicyclic amines) is 2. The van der Waals surface area contributed by atoms with E-state index in [1.54, 1.807) is 19.2 Å². The summed E-state index contributed by atoms with van der Waals surface area (Å²) in [7, 11) is 1.79. The van der Waals surface area contributed by atoms with Crippen LogP contribution >= 0.6 is 0 Å². The van der Waals surface area contributed by atoms with Gasteiger partial charge in [0.15, 0.2) is 5.96 Å². The number of aliphatic imine (C=N–C) groups is 1. The Morgan fingerprint density at radius 1 is 1.07 bits per heavy atom. The van der Waals surface area contributed by atoms with Gasteiger partial charge in [0.05, 0.1) is 5.56 Å². The summed E-state index contributed by atoms with van der Waals surface area (Å²) in [6.45, 7) is 7.05. The highest BCUT2D eigenvalue weighted by Crippen LogP contribution is 2.29. The largest absolute Gasteiger partial charge is 0.416 e. The minimum Gasteiger partial charge on any atom is -0.356 e. The Bertz CT molecular complexity index is 668. The van der Waals surface area contributed by atoms with E-state index in [4.69, 9.17) is 0 Å². The van der Waals surface area contributed by atoms with Gasteiger partial charge in [-0.3, -0.25) is 9.89 Å². The van der Waals surface area contributed by atoms with Gasteiger partial charge in [0.1, 0.15) is 0 Å². The van der Waals surface area contributed by atoms with Crippen molar-refractivity contribution in [2.75, 3.05) is 46.3 Å². The molecule has 2 aliphatic rings. The van der Waals surface area contributed by atoms with Crippen LogP contribution in [-0.2, 0) is 12.7 Å². The lowest BCUT2D eigenvalue weighted by molar-refractivity contribution is -0.137. The standard InChI is InChI=1S/C22H34F3N5/c1-26-21(27-11-2-3-12-29-13-4-5-14-29)28-20-10-15-30(17-20)16-18-6-8-19(9-7-18)22(23,24)25/h6-9,20H,2-5,10-17H2,1H3,(H2,26,27,28). The van der Waals surface area contributed by atoms with Crippen molar-refractivity contribution in [3.05, 3.63) is 35.4 Å². The van der Waals surface area contributed by atoms with Crippen LogP contribution in [0.2, 0.25) is 0 Å². The summed E-state index contributed by atoms with van der Waals surface area (Å²) in [4.78, 5) is 9.13.